The maximum absolute atomic E-state index is 12.8. The molecule has 2 aromatic rings. The van der Waals surface area contributed by atoms with Gasteiger partial charge in [-0.2, -0.15) is 0 Å². The molecule has 1 fully saturated rings. The van der Waals surface area contributed by atoms with Crippen molar-refractivity contribution in [3.05, 3.63) is 62.5 Å². The first-order chi connectivity index (χ1) is 12.8. The predicted octanol–water partition coefficient (Wildman–Crippen LogP) is 4.02. The Morgan fingerprint density at radius 2 is 2.07 bits per heavy atom. The number of carbonyl (C=O) groups excluding carboxylic acids is 1. The fourth-order valence-electron chi connectivity index (χ4n) is 2.60. The van der Waals surface area contributed by atoms with Crippen LogP contribution in [0.4, 0.5) is 11.4 Å². The van der Waals surface area contributed by atoms with Gasteiger partial charge in [0.1, 0.15) is 0 Å². The number of rotatable bonds is 4. The zero-order valence-corrected chi connectivity index (χ0v) is 16.0. The van der Waals surface area contributed by atoms with Gasteiger partial charge in [-0.1, -0.05) is 36.1 Å². The van der Waals surface area contributed by atoms with E-state index in [1.54, 1.807) is 6.07 Å². The van der Waals surface area contributed by atoms with Crippen molar-refractivity contribution in [2.45, 2.75) is 6.92 Å². The lowest BCUT2D eigenvalue weighted by atomic mass is 10.1. The highest BCUT2D eigenvalue weighted by molar-refractivity contribution is 8.27. The van der Waals surface area contributed by atoms with Crippen LogP contribution in [0.2, 0.25) is 0 Å². The number of thioether (sulfide) groups is 1. The standard InChI is InChI=1S/C18H14N2O5S2/c1-10-4-3-5-12(6-10)19-17(22)15(27-18(19)26)9-11-7-13(20(23)24)16(21)14(8-11)25-2/h3-9,21H,1-2H3/b15-9-. The smallest absolute Gasteiger partial charge is 0.315 e. The molecule has 27 heavy (non-hydrogen) atoms. The molecule has 9 heteroatoms. The van der Waals surface area contributed by atoms with Gasteiger partial charge in [-0.3, -0.25) is 19.8 Å². The first-order valence-electron chi connectivity index (χ1n) is 7.72. The fraction of sp³-hybridized carbons (Fsp3) is 0.111. The number of carbonyl (C=O) groups is 1. The Morgan fingerprint density at radius 3 is 2.70 bits per heavy atom. The molecule has 1 N–H and O–H groups in total. The molecular formula is C18H14N2O5S2. The number of nitro groups is 1. The summed E-state index contributed by atoms with van der Waals surface area (Å²) in [5, 5.41) is 21.0. The van der Waals surface area contributed by atoms with Crippen molar-refractivity contribution in [3.63, 3.8) is 0 Å². The molecule has 1 amide bonds. The number of benzene rings is 2. The number of methoxy groups -OCH3 is 1. The molecule has 3 rings (SSSR count). The lowest BCUT2D eigenvalue weighted by molar-refractivity contribution is -0.386. The molecule has 0 atom stereocenters. The quantitative estimate of drug-likeness (QED) is 0.357. The Labute approximate surface area is 164 Å². The van der Waals surface area contributed by atoms with Crippen molar-refractivity contribution in [3.8, 4) is 11.5 Å². The Kier molecular flexibility index (Phi) is 5.15. The van der Waals surface area contributed by atoms with Crippen LogP contribution in [-0.4, -0.2) is 27.4 Å². The van der Waals surface area contributed by atoms with Gasteiger partial charge >= 0.3 is 5.69 Å². The third-order valence-corrected chi connectivity index (χ3v) is 5.15. The van der Waals surface area contributed by atoms with Crippen molar-refractivity contribution in [2.24, 2.45) is 0 Å². The molecule has 0 radical (unpaired) electrons. The van der Waals surface area contributed by atoms with Crippen molar-refractivity contribution in [1.82, 2.24) is 0 Å². The highest BCUT2D eigenvalue weighted by Gasteiger charge is 2.33. The summed E-state index contributed by atoms with van der Waals surface area (Å²) in [4.78, 5) is 25.0. The van der Waals surface area contributed by atoms with Crippen molar-refractivity contribution >= 4 is 51.7 Å². The summed E-state index contributed by atoms with van der Waals surface area (Å²) >= 11 is 6.43. The average Bonchev–Trinajstić information content (AvgIpc) is 2.89. The van der Waals surface area contributed by atoms with Crippen LogP contribution in [0.15, 0.2) is 41.3 Å². The van der Waals surface area contributed by atoms with Gasteiger partial charge < -0.3 is 9.84 Å². The Balaban J connectivity index is 2.01. The molecule has 0 bridgehead atoms. The van der Waals surface area contributed by atoms with Crippen LogP contribution in [0.5, 0.6) is 11.5 Å². The number of aryl methyl sites for hydroxylation is 1. The number of phenolic OH excluding ortho intramolecular Hbond substituents is 1. The molecule has 0 aliphatic carbocycles. The van der Waals surface area contributed by atoms with E-state index in [0.29, 0.717) is 20.5 Å². The summed E-state index contributed by atoms with van der Waals surface area (Å²) < 4.78 is 5.35. The van der Waals surface area contributed by atoms with Crippen molar-refractivity contribution < 1.29 is 19.6 Å². The Morgan fingerprint density at radius 1 is 1.33 bits per heavy atom. The first kappa shape index (κ1) is 18.9. The van der Waals surface area contributed by atoms with Crippen LogP contribution in [0, 0.1) is 17.0 Å². The molecule has 0 spiro atoms. The van der Waals surface area contributed by atoms with E-state index in [4.69, 9.17) is 17.0 Å². The third-order valence-electron chi connectivity index (χ3n) is 3.85. The van der Waals surface area contributed by atoms with Gasteiger partial charge in [0.25, 0.3) is 5.91 Å². The number of amides is 1. The highest BCUT2D eigenvalue weighted by atomic mass is 32.2. The lowest BCUT2D eigenvalue weighted by Gasteiger charge is -2.14. The summed E-state index contributed by atoms with van der Waals surface area (Å²) in [5.74, 6) is -0.929. The zero-order valence-electron chi connectivity index (χ0n) is 14.3. The van der Waals surface area contributed by atoms with Gasteiger partial charge in [-0.25, -0.2) is 0 Å². The van der Waals surface area contributed by atoms with E-state index in [1.807, 2.05) is 25.1 Å². The SMILES string of the molecule is COc1cc(/C=C2\SC(=S)N(c3cccc(C)c3)C2=O)cc([N+](=O)[O-])c1O. The molecule has 2 aromatic carbocycles. The van der Waals surface area contributed by atoms with Crippen LogP contribution in [0.1, 0.15) is 11.1 Å². The van der Waals surface area contributed by atoms with Crippen LogP contribution in [0.3, 0.4) is 0 Å². The molecule has 7 nitrogen and oxygen atoms in total. The molecular weight excluding hydrogens is 388 g/mol. The van der Waals surface area contributed by atoms with Gasteiger partial charge in [-0.15, -0.1) is 0 Å². The Hall–Kier alpha value is -2.91. The number of ether oxygens (including phenoxy) is 1. The second-order valence-electron chi connectivity index (χ2n) is 5.70. The van der Waals surface area contributed by atoms with Gasteiger partial charge in [-0.05, 0) is 42.3 Å². The molecule has 0 unspecified atom stereocenters. The van der Waals surface area contributed by atoms with Crippen molar-refractivity contribution in [2.75, 3.05) is 12.0 Å². The zero-order chi connectivity index (χ0) is 19.7. The number of aromatic hydroxyl groups is 1. The molecule has 1 aliphatic rings. The van der Waals surface area contributed by atoms with Gasteiger partial charge in [0.2, 0.25) is 5.75 Å². The lowest BCUT2D eigenvalue weighted by Crippen LogP contribution is -2.27. The summed E-state index contributed by atoms with van der Waals surface area (Å²) in [7, 11) is 1.29. The van der Waals surface area contributed by atoms with Gasteiger partial charge in [0.05, 0.1) is 22.6 Å². The van der Waals surface area contributed by atoms with E-state index in [-0.39, 0.29) is 11.7 Å². The molecule has 0 aromatic heterocycles. The van der Waals surface area contributed by atoms with E-state index in [2.05, 4.69) is 0 Å². The van der Waals surface area contributed by atoms with Gasteiger partial charge in [0.15, 0.2) is 10.1 Å². The third kappa shape index (κ3) is 3.64. The minimum absolute atomic E-state index is 0.0513. The van der Waals surface area contributed by atoms with E-state index in [0.717, 1.165) is 17.3 Å². The molecule has 1 aliphatic heterocycles. The highest BCUT2D eigenvalue weighted by Crippen LogP contribution is 2.40. The van der Waals surface area contributed by atoms with Gasteiger partial charge in [0, 0.05) is 6.07 Å². The fourth-order valence-corrected chi connectivity index (χ4v) is 3.90. The van der Waals surface area contributed by atoms with Crippen LogP contribution < -0.4 is 9.64 Å². The maximum atomic E-state index is 12.8. The first-order valence-corrected chi connectivity index (χ1v) is 8.94. The van der Waals surface area contributed by atoms with E-state index in [9.17, 15) is 20.0 Å². The topological polar surface area (TPSA) is 92.9 Å². The number of hydrogen-bond acceptors (Lipinski definition) is 7. The molecule has 138 valence electrons. The average molecular weight is 402 g/mol. The van der Waals surface area contributed by atoms with E-state index < -0.39 is 16.4 Å². The number of nitrogens with zero attached hydrogens (tertiary/aromatic N) is 2. The Bertz CT molecular complexity index is 1000. The summed E-state index contributed by atoms with van der Waals surface area (Å²) in [6, 6.07) is 9.98. The number of anilines is 1. The monoisotopic (exact) mass is 402 g/mol. The number of nitro benzene ring substituents is 1. The number of thiocarbonyl (C=S) groups is 1. The summed E-state index contributed by atoms with van der Waals surface area (Å²) in [6.07, 6.45) is 1.49. The maximum Gasteiger partial charge on any atom is 0.315 e. The molecule has 0 saturated carbocycles. The normalized spacial score (nSPS) is 15.5. The summed E-state index contributed by atoms with van der Waals surface area (Å²) in [5.41, 5.74) is 1.50. The minimum Gasteiger partial charge on any atom is -0.500 e. The predicted molar refractivity (Wildman–Crippen MR) is 108 cm³/mol. The minimum atomic E-state index is -0.715. The summed E-state index contributed by atoms with van der Waals surface area (Å²) in [6.45, 7) is 1.92. The van der Waals surface area contributed by atoms with Crippen molar-refractivity contribution in [1.29, 1.82) is 0 Å². The van der Waals surface area contributed by atoms with E-state index >= 15 is 0 Å². The largest absolute Gasteiger partial charge is 0.500 e. The number of hydrogen-bond donors (Lipinski definition) is 1. The second-order valence-corrected chi connectivity index (χ2v) is 7.38. The molecule has 1 heterocycles. The number of phenols is 1. The van der Waals surface area contributed by atoms with Crippen LogP contribution in [0.25, 0.3) is 6.08 Å². The van der Waals surface area contributed by atoms with Crippen LogP contribution >= 0.6 is 24.0 Å². The second kappa shape index (κ2) is 7.37. The van der Waals surface area contributed by atoms with Crippen LogP contribution in [-0.2, 0) is 4.79 Å². The molecule has 1 saturated heterocycles. The van der Waals surface area contributed by atoms with E-state index in [1.165, 1.54) is 30.2 Å².